The molecule has 0 N–H and O–H groups in total. The molecule has 0 spiro atoms. The molecule has 1 aromatic rings. The van der Waals surface area contributed by atoms with Gasteiger partial charge in [0.1, 0.15) is 0 Å². The van der Waals surface area contributed by atoms with Crippen molar-refractivity contribution < 1.29 is 13.6 Å². The summed E-state index contributed by atoms with van der Waals surface area (Å²) in [5.41, 5.74) is -0.00375. The third kappa shape index (κ3) is 4.09. The smallest absolute Gasteiger partial charge is 0.214 e. The molecule has 0 saturated carbocycles. The van der Waals surface area contributed by atoms with Gasteiger partial charge in [-0.05, 0) is 25.5 Å². The Kier molecular flexibility index (Phi) is 7.92. The van der Waals surface area contributed by atoms with Crippen LogP contribution in [0.3, 0.4) is 0 Å². The van der Waals surface area contributed by atoms with Crippen molar-refractivity contribution >= 4 is 12.1 Å². The van der Waals surface area contributed by atoms with Gasteiger partial charge in [-0.25, -0.2) is 8.78 Å². The molecule has 0 heterocycles. The fourth-order valence-corrected chi connectivity index (χ4v) is 1.65. The molecule has 0 fully saturated rings. The Labute approximate surface area is 108 Å². The molecule has 1 rings (SSSR count). The van der Waals surface area contributed by atoms with E-state index in [4.69, 9.17) is 0 Å². The summed E-state index contributed by atoms with van der Waals surface area (Å²) in [4.78, 5) is 12.1. The van der Waals surface area contributed by atoms with Crippen LogP contribution in [0.25, 0.3) is 0 Å². The Bertz CT molecular complexity index is 369. The zero-order valence-corrected chi connectivity index (χ0v) is 11.4. The van der Waals surface area contributed by atoms with Gasteiger partial charge in [0.25, 0.3) is 0 Å². The van der Waals surface area contributed by atoms with Gasteiger partial charge in [-0.3, -0.25) is 4.79 Å². The van der Waals surface area contributed by atoms with E-state index < -0.39 is 11.6 Å². The number of hydrogen-bond acceptors (Lipinski definition) is 1. The fourth-order valence-electron chi connectivity index (χ4n) is 1.65. The first-order valence-electron chi connectivity index (χ1n) is 6.29. The van der Waals surface area contributed by atoms with Crippen molar-refractivity contribution in [2.24, 2.45) is 0 Å². The van der Waals surface area contributed by atoms with Crippen molar-refractivity contribution in [3.63, 3.8) is 0 Å². The van der Waals surface area contributed by atoms with E-state index in [1.165, 1.54) is 17.0 Å². The molecular weight excluding hydrogens is 236 g/mol. The molecule has 1 unspecified atom stereocenters. The number of amides is 1. The summed E-state index contributed by atoms with van der Waals surface area (Å²) in [6.07, 6.45) is 2.16. The standard InChI is InChI=1S/C12H15F2NO.C2H6/c1-3-5-9(2)15(8-16)11-7-4-6-10(13)12(11)14;1-2/h4,6-9H,3,5H2,1-2H3;1-2H3. The fraction of sp³-hybridized carbons (Fsp3) is 0.500. The zero-order valence-electron chi connectivity index (χ0n) is 11.4. The number of rotatable bonds is 5. The molecule has 1 atom stereocenters. The lowest BCUT2D eigenvalue weighted by molar-refractivity contribution is -0.107. The summed E-state index contributed by atoms with van der Waals surface area (Å²) in [6.45, 7) is 7.78. The molecular formula is C14H21F2NO. The van der Waals surface area contributed by atoms with E-state index >= 15 is 0 Å². The monoisotopic (exact) mass is 257 g/mol. The first-order valence-corrected chi connectivity index (χ1v) is 6.29. The van der Waals surface area contributed by atoms with Crippen LogP contribution >= 0.6 is 0 Å². The maximum absolute atomic E-state index is 13.5. The van der Waals surface area contributed by atoms with E-state index in [1.807, 2.05) is 27.7 Å². The Morgan fingerprint density at radius 3 is 2.44 bits per heavy atom. The molecule has 0 aromatic heterocycles. The van der Waals surface area contributed by atoms with E-state index in [0.717, 1.165) is 18.9 Å². The van der Waals surface area contributed by atoms with Crippen molar-refractivity contribution in [2.75, 3.05) is 4.90 Å². The number of carbonyl (C=O) groups excluding carboxylic acids is 1. The van der Waals surface area contributed by atoms with Gasteiger partial charge in [0.05, 0.1) is 5.69 Å². The third-order valence-electron chi connectivity index (χ3n) is 2.50. The molecule has 0 aliphatic heterocycles. The predicted molar refractivity (Wildman–Crippen MR) is 70.6 cm³/mol. The lowest BCUT2D eigenvalue weighted by atomic mass is 10.1. The maximum atomic E-state index is 13.5. The number of anilines is 1. The van der Waals surface area contributed by atoms with Gasteiger partial charge < -0.3 is 4.90 Å². The predicted octanol–water partition coefficient (Wildman–Crippen LogP) is 4.14. The normalized spacial score (nSPS) is 11.2. The molecule has 0 saturated heterocycles. The Hall–Kier alpha value is -1.45. The Morgan fingerprint density at radius 2 is 1.94 bits per heavy atom. The average Bonchev–Trinajstić information content (AvgIpc) is 2.38. The molecule has 4 heteroatoms. The van der Waals surface area contributed by atoms with E-state index in [1.54, 1.807) is 0 Å². The number of hydrogen-bond donors (Lipinski definition) is 0. The van der Waals surface area contributed by atoms with Crippen LogP contribution in [0.2, 0.25) is 0 Å². The van der Waals surface area contributed by atoms with Gasteiger partial charge in [0.15, 0.2) is 11.6 Å². The summed E-state index contributed by atoms with van der Waals surface area (Å²) in [5.74, 6) is -1.91. The third-order valence-corrected chi connectivity index (χ3v) is 2.50. The highest BCUT2D eigenvalue weighted by molar-refractivity contribution is 5.76. The van der Waals surface area contributed by atoms with Crippen LogP contribution in [0, 0.1) is 11.6 Å². The number of benzene rings is 1. The van der Waals surface area contributed by atoms with E-state index in [9.17, 15) is 13.6 Å². The first kappa shape index (κ1) is 16.6. The van der Waals surface area contributed by atoms with E-state index in [0.29, 0.717) is 6.41 Å². The number of halogens is 2. The van der Waals surface area contributed by atoms with Gasteiger partial charge in [-0.15, -0.1) is 0 Å². The van der Waals surface area contributed by atoms with Crippen LogP contribution in [-0.4, -0.2) is 12.5 Å². The minimum absolute atomic E-state index is 0.00375. The van der Waals surface area contributed by atoms with E-state index in [2.05, 4.69) is 0 Å². The topological polar surface area (TPSA) is 20.3 Å². The van der Waals surface area contributed by atoms with E-state index in [-0.39, 0.29) is 11.7 Å². The van der Waals surface area contributed by atoms with Crippen molar-refractivity contribution in [1.82, 2.24) is 0 Å². The highest BCUT2D eigenvalue weighted by Gasteiger charge is 2.18. The second kappa shape index (κ2) is 8.61. The molecule has 1 amide bonds. The van der Waals surface area contributed by atoms with Gasteiger partial charge in [-0.1, -0.05) is 33.3 Å². The molecule has 0 aliphatic rings. The molecule has 18 heavy (non-hydrogen) atoms. The van der Waals surface area contributed by atoms with Gasteiger partial charge in [0.2, 0.25) is 6.41 Å². The average molecular weight is 257 g/mol. The van der Waals surface area contributed by atoms with Gasteiger partial charge in [0, 0.05) is 6.04 Å². The van der Waals surface area contributed by atoms with Crippen LogP contribution in [-0.2, 0) is 4.79 Å². The lowest BCUT2D eigenvalue weighted by Gasteiger charge is -2.25. The summed E-state index contributed by atoms with van der Waals surface area (Å²) in [6, 6.07) is 3.69. The van der Waals surface area contributed by atoms with Crippen molar-refractivity contribution in [3.8, 4) is 0 Å². The summed E-state index contributed by atoms with van der Waals surface area (Å²) in [5, 5.41) is 0. The lowest BCUT2D eigenvalue weighted by Crippen LogP contribution is -2.32. The molecule has 0 aliphatic carbocycles. The number of nitrogens with zero attached hydrogens (tertiary/aromatic N) is 1. The van der Waals surface area contributed by atoms with Crippen LogP contribution in [0.15, 0.2) is 18.2 Å². The first-order chi connectivity index (χ1) is 8.61. The highest BCUT2D eigenvalue weighted by atomic mass is 19.2. The van der Waals surface area contributed by atoms with Crippen LogP contribution in [0.1, 0.15) is 40.5 Å². The summed E-state index contributed by atoms with van der Waals surface area (Å²) in [7, 11) is 0. The van der Waals surface area contributed by atoms with Crippen LogP contribution < -0.4 is 4.90 Å². The van der Waals surface area contributed by atoms with Crippen molar-refractivity contribution in [1.29, 1.82) is 0 Å². The SMILES string of the molecule is CC.CCCC(C)N(C=O)c1cccc(F)c1F. The largest absolute Gasteiger partial charge is 0.309 e. The second-order valence-corrected chi connectivity index (χ2v) is 3.72. The maximum Gasteiger partial charge on any atom is 0.214 e. The Balaban J connectivity index is 0.00000137. The second-order valence-electron chi connectivity index (χ2n) is 3.72. The molecule has 0 bridgehead atoms. The molecule has 2 nitrogen and oxygen atoms in total. The molecule has 0 radical (unpaired) electrons. The molecule has 102 valence electrons. The highest BCUT2D eigenvalue weighted by Crippen LogP contribution is 2.23. The minimum atomic E-state index is -0.974. The molecule has 1 aromatic carbocycles. The Morgan fingerprint density at radius 1 is 1.33 bits per heavy atom. The van der Waals surface area contributed by atoms with Crippen molar-refractivity contribution in [3.05, 3.63) is 29.8 Å². The minimum Gasteiger partial charge on any atom is -0.309 e. The zero-order chi connectivity index (χ0) is 14.1. The van der Waals surface area contributed by atoms with Crippen LogP contribution in [0.5, 0.6) is 0 Å². The van der Waals surface area contributed by atoms with Gasteiger partial charge >= 0.3 is 0 Å². The van der Waals surface area contributed by atoms with Crippen LogP contribution in [0.4, 0.5) is 14.5 Å². The number of carbonyl (C=O) groups is 1. The quantitative estimate of drug-likeness (QED) is 0.726. The summed E-state index contributed by atoms with van der Waals surface area (Å²) < 4.78 is 26.5. The van der Waals surface area contributed by atoms with Crippen molar-refractivity contribution in [2.45, 2.75) is 46.6 Å². The summed E-state index contributed by atoms with van der Waals surface area (Å²) >= 11 is 0. The van der Waals surface area contributed by atoms with Gasteiger partial charge in [-0.2, -0.15) is 0 Å².